The van der Waals surface area contributed by atoms with Gasteiger partial charge in [-0.05, 0) is 13.8 Å². The summed E-state index contributed by atoms with van der Waals surface area (Å²) in [6.07, 6.45) is -1.70. The highest BCUT2D eigenvalue weighted by Gasteiger charge is 2.38. The summed E-state index contributed by atoms with van der Waals surface area (Å²) in [5.41, 5.74) is 0. The molecular formula is C7H13NO5. The van der Waals surface area contributed by atoms with E-state index in [-0.39, 0.29) is 6.61 Å². The Morgan fingerprint density at radius 1 is 1.77 bits per heavy atom. The fourth-order valence-electron chi connectivity index (χ4n) is 1.18. The molecule has 1 saturated heterocycles. The number of hydrogen-bond acceptors (Lipinski definition) is 5. The highest BCUT2D eigenvalue weighted by molar-refractivity contribution is 4.76. The molecule has 0 radical (unpaired) electrons. The molecule has 76 valence electrons. The fourth-order valence-corrected chi connectivity index (χ4v) is 1.18. The smallest absolute Gasteiger partial charge is 0.232 e. The molecule has 2 unspecified atom stereocenters. The van der Waals surface area contributed by atoms with E-state index in [0.29, 0.717) is 0 Å². The van der Waals surface area contributed by atoms with Gasteiger partial charge in [0.25, 0.3) is 0 Å². The topological polar surface area (TPSA) is 81.8 Å². The van der Waals surface area contributed by atoms with E-state index in [4.69, 9.17) is 9.47 Å². The largest absolute Gasteiger partial charge is 0.383 e. The molecule has 6 nitrogen and oxygen atoms in total. The van der Waals surface area contributed by atoms with Crippen molar-refractivity contribution in [3.63, 3.8) is 0 Å². The summed E-state index contributed by atoms with van der Waals surface area (Å²) < 4.78 is 10.4. The van der Waals surface area contributed by atoms with Crippen LogP contribution in [-0.4, -0.2) is 41.2 Å². The number of nitro groups is 1. The molecule has 2 atom stereocenters. The van der Waals surface area contributed by atoms with Crippen molar-refractivity contribution in [2.45, 2.75) is 31.8 Å². The maximum Gasteiger partial charge on any atom is 0.232 e. The van der Waals surface area contributed by atoms with E-state index in [9.17, 15) is 15.2 Å². The molecule has 0 aliphatic carbocycles. The average molecular weight is 191 g/mol. The Morgan fingerprint density at radius 3 is 2.77 bits per heavy atom. The quantitative estimate of drug-likeness (QED) is 0.492. The van der Waals surface area contributed by atoms with Gasteiger partial charge in [0.15, 0.2) is 5.79 Å². The highest BCUT2D eigenvalue weighted by atomic mass is 16.7. The van der Waals surface area contributed by atoms with E-state index >= 15 is 0 Å². The van der Waals surface area contributed by atoms with Crippen LogP contribution in [0.5, 0.6) is 0 Å². The molecule has 0 saturated carbocycles. The first-order valence-electron chi connectivity index (χ1n) is 4.02. The molecule has 1 heterocycles. The van der Waals surface area contributed by atoms with Gasteiger partial charge in [0.1, 0.15) is 12.2 Å². The lowest BCUT2D eigenvalue weighted by Gasteiger charge is -2.18. The minimum absolute atomic E-state index is 0.196. The molecule has 1 fully saturated rings. The zero-order valence-corrected chi connectivity index (χ0v) is 7.60. The highest BCUT2D eigenvalue weighted by Crippen LogP contribution is 2.24. The van der Waals surface area contributed by atoms with Crippen molar-refractivity contribution in [1.82, 2.24) is 0 Å². The first-order valence-corrected chi connectivity index (χ1v) is 4.02. The van der Waals surface area contributed by atoms with Crippen LogP contribution in [0.4, 0.5) is 0 Å². The Hall–Kier alpha value is -0.720. The van der Waals surface area contributed by atoms with E-state index in [1.807, 2.05) is 0 Å². The van der Waals surface area contributed by atoms with Crippen molar-refractivity contribution < 1.29 is 19.5 Å². The number of nitrogens with zero attached hydrogens (tertiary/aromatic N) is 1. The van der Waals surface area contributed by atoms with Crippen LogP contribution in [0.25, 0.3) is 0 Å². The summed E-state index contributed by atoms with van der Waals surface area (Å²) in [6, 6.07) is 0. The molecule has 1 aliphatic heterocycles. The Balaban J connectivity index is 2.42. The molecule has 1 rings (SSSR count). The lowest BCUT2D eigenvalue weighted by atomic mass is 10.2. The Labute approximate surface area is 75.6 Å². The number of rotatable bonds is 3. The molecule has 0 bridgehead atoms. The SMILES string of the molecule is CC1(C)OCC(C(O)C[N+](=O)[O-])O1. The number of hydrogen-bond donors (Lipinski definition) is 1. The van der Waals surface area contributed by atoms with E-state index in [2.05, 4.69) is 0 Å². The van der Waals surface area contributed by atoms with Gasteiger partial charge in [-0.3, -0.25) is 10.1 Å². The third-order valence-corrected chi connectivity index (χ3v) is 1.80. The minimum atomic E-state index is -1.10. The predicted octanol–water partition coefficient (Wildman–Crippen LogP) is -0.224. The molecule has 1 N–H and O–H groups in total. The number of ether oxygens (including phenoxy) is 2. The molecule has 0 aromatic carbocycles. The summed E-state index contributed by atoms with van der Waals surface area (Å²) in [6.45, 7) is 3.09. The van der Waals surface area contributed by atoms with Crippen LogP contribution in [0.1, 0.15) is 13.8 Å². The first kappa shape index (κ1) is 10.4. The van der Waals surface area contributed by atoms with Gasteiger partial charge in [-0.15, -0.1) is 0 Å². The molecule has 6 heteroatoms. The van der Waals surface area contributed by atoms with Gasteiger partial charge in [-0.2, -0.15) is 0 Å². The zero-order valence-electron chi connectivity index (χ0n) is 7.60. The number of aliphatic hydroxyl groups is 1. The van der Waals surface area contributed by atoms with Crippen molar-refractivity contribution >= 4 is 0 Å². The lowest BCUT2D eigenvalue weighted by Crippen LogP contribution is -2.35. The normalized spacial score (nSPS) is 28.7. The van der Waals surface area contributed by atoms with Gasteiger partial charge in [-0.25, -0.2) is 0 Å². The minimum Gasteiger partial charge on any atom is -0.383 e. The standard InChI is InChI=1S/C7H13NO5/c1-7(2)12-4-6(13-7)5(9)3-8(10)11/h5-6,9H,3-4H2,1-2H3. The van der Waals surface area contributed by atoms with Gasteiger partial charge < -0.3 is 14.6 Å². The first-order chi connectivity index (χ1) is 5.91. The molecule has 0 aromatic rings. The molecular weight excluding hydrogens is 178 g/mol. The second kappa shape index (κ2) is 3.57. The monoisotopic (exact) mass is 191 g/mol. The maximum absolute atomic E-state index is 10.1. The Morgan fingerprint density at radius 2 is 2.38 bits per heavy atom. The summed E-state index contributed by atoms with van der Waals surface area (Å²) in [7, 11) is 0. The van der Waals surface area contributed by atoms with Crippen LogP contribution in [0.3, 0.4) is 0 Å². The van der Waals surface area contributed by atoms with Crippen LogP contribution in [0, 0.1) is 10.1 Å². The summed E-state index contributed by atoms with van der Waals surface area (Å²) in [5, 5.41) is 19.4. The zero-order chi connectivity index (χ0) is 10.1. The molecule has 0 amide bonds. The van der Waals surface area contributed by atoms with Crippen molar-refractivity contribution in [3.8, 4) is 0 Å². The van der Waals surface area contributed by atoms with Crippen molar-refractivity contribution in [2.24, 2.45) is 0 Å². The van der Waals surface area contributed by atoms with E-state index < -0.39 is 29.5 Å². The molecule has 0 aromatic heterocycles. The van der Waals surface area contributed by atoms with Crippen LogP contribution in [0.2, 0.25) is 0 Å². The number of aliphatic hydroxyl groups excluding tert-OH is 1. The van der Waals surface area contributed by atoms with Crippen molar-refractivity contribution in [3.05, 3.63) is 10.1 Å². The fraction of sp³-hybridized carbons (Fsp3) is 1.00. The third kappa shape index (κ3) is 2.91. The molecule has 1 aliphatic rings. The Bertz CT molecular complexity index is 205. The third-order valence-electron chi connectivity index (χ3n) is 1.80. The van der Waals surface area contributed by atoms with E-state index in [0.717, 1.165) is 0 Å². The predicted molar refractivity (Wildman–Crippen MR) is 42.8 cm³/mol. The van der Waals surface area contributed by atoms with Crippen LogP contribution >= 0.6 is 0 Å². The molecule has 13 heavy (non-hydrogen) atoms. The van der Waals surface area contributed by atoms with Crippen LogP contribution in [-0.2, 0) is 9.47 Å². The lowest BCUT2D eigenvalue weighted by molar-refractivity contribution is -0.493. The van der Waals surface area contributed by atoms with Gasteiger partial charge in [-0.1, -0.05) is 0 Å². The summed E-state index contributed by atoms with van der Waals surface area (Å²) in [4.78, 5) is 9.51. The van der Waals surface area contributed by atoms with Crippen molar-refractivity contribution in [2.75, 3.05) is 13.2 Å². The van der Waals surface area contributed by atoms with Crippen LogP contribution in [0.15, 0.2) is 0 Å². The van der Waals surface area contributed by atoms with Gasteiger partial charge in [0.2, 0.25) is 6.54 Å². The maximum atomic E-state index is 10.1. The van der Waals surface area contributed by atoms with Gasteiger partial charge >= 0.3 is 0 Å². The van der Waals surface area contributed by atoms with E-state index in [1.165, 1.54) is 0 Å². The van der Waals surface area contributed by atoms with Crippen LogP contribution < -0.4 is 0 Å². The second-order valence-electron chi connectivity index (χ2n) is 3.45. The van der Waals surface area contributed by atoms with Gasteiger partial charge in [0.05, 0.1) is 6.61 Å². The van der Waals surface area contributed by atoms with E-state index in [1.54, 1.807) is 13.8 Å². The summed E-state index contributed by atoms with van der Waals surface area (Å²) >= 11 is 0. The summed E-state index contributed by atoms with van der Waals surface area (Å²) in [5.74, 6) is -0.748. The van der Waals surface area contributed by atoms with Gasteiger partial charge in [0, 0.05) is 4.92 Å². The second-order valence-corrected chi connectivity index (χ2v) is 3.45. The Kier molecular flexibility index (Phi) is 2.84. The molecule has 0 spiro atoms. The average Bonchev–Trinajstić information content (AvgIpc) is 2.28. The van der Waals surface area contributed by atoms with Crippen molar-refractivity contribution in [1.29, 1.82) is 0 Å².